The molecule has 4 aromatic carbocycles. The van der Waals surface area contributed by atoms with Crippen molar-refractivity contribution < 1.29 is 0 Å². The van der Waals surface area contributed by atoms with Gasteiger partial charge in [-0.2, -0.15) is 0 Å². The average Bonchev–Trinajstić information content (AvgIpc) is 2.73. The lowest BCUT2D eigenvalue weighted by molar-refractivity contribution is 1.22. The largest absolute Gasteiger partial charge is 0.399 e. The van der Waals surface area contributed by atoms with Crippen molar-refractivity contribution in [3.8, 4) is 0 Å². The summed E-state index contributed by atoms with van der Waals surface area (Å²) in [4.78, 5) is 7.00. The molecule has 0 spiro atoms. The lowest BCUT2D eigenvalue weighted by Gasteiger charge is -2.10. The Morgan fingerprint density at radius 2 is 0.567 bits per heavy atom. The normalized spacial score (nSPS) is 10.8. The quantitative estimate of drug-likeness (QED) is 0.279. The minimum atomic E-state index is 0.770. The Morgan fingerprint density at radius 3 is 0.800 bits per heavy atom. The molecule has 3 nitrogen and oxygen atoms in total. The van der Waals surface area contributed by atoms with Crippen molar-refractivity contribution in [2.75, 3.05) is 17.2 Å². The van der Waals surface area contributed by atoms with Crippen molar-refractivity contribution in [2.24, 2.45) is 0 Å². The van der Waals surface area contributed by atoms with Gasteiger partial charge in [-0.25, -0.2) is 0 Å². The highest BCUT2D eigenvalue weighted by Gasteiger charge is 2.07. The van der Waals surface area contributed by atoms with Crippen LogP contribution in [0.2, 0.25) is 0 Å². The molecule has 0 atom stereocenters. The number of rotatable bonds is 6. The predicted molar refractivity (Wildman–Crippen MR) is 131 cm³/mol. The zero-order chi connectivity index (χ0) is 20.9. The fourth-order valence-electron chi connectivity index (χ4n) is 2.74. The van der Waals surface area contributed by atoms with E-state index in [1.807, 2.05) is 72.8 Å². The predicted octanol–water partition coefficient (Wildman–Crippen LogP) is 6.89. The van der Waals surface area contributed by atoms with Gasteiger partial charge in [0.15, 0.2) is 0 Å². The molecule has 0 aromatic heterocycles. The van der Waals surface area contributed by atoms with Gasteiger partial charge in [0.05, 0.1) is 0 Å². The molecule has 6 N–H and O–H groups in total. The molecule has 6 heteroatoms. The second-order valence-corrected chi connectivity index (χ2v) is 10.1. The number of hydrogen-bond acceptors (Lipinski definition) is 6. The minimum absolute atomic E-state index is 0.770. The first kappa shape index (κ1) is 20.6. The monoisotopic (exact) mass is 447 g/mol. The van der Waals surface area contributed by atoms with Crippen molar-refractivity contribution in [3.05, 3.63) is 91.0 Å². The summed E-state index contributed by atoms with van der Waals surface area (Å²) < 4.78 is 0. The van der Waals surface area contributed by atoms with Gasteiger partial charge in [-0.05, 0) is 91.0 Å². The van der Waals surface area contributed by atoms with Gasteiger partial charge in [0.1, 0.15) is 0 Å². The number of benzene rings is 4. The summed E-state index contributed by atoms with van der Waals surface area (Å²) in [6, 6.07) is 30.5. The average molecular weight is 448 g/mol. The maximum absolute atomic E-state index is 5.83. The van der Waals surface area contributed by atoms with Crippen molar-refractivity contribution in [1.82, 2.24) is 0 Å². The summed E-state index contributed by atoms with van der Waals surface area (Å²) in [6.45, 7) is 0. The molecule has 4 aromatic rings. The van der Waals surface area contributed by atoms with Crippen LogP contribution in [0, 0.1) is 0 Å². The summed E-state index contributed by atoms with van der Waals surface area (Å²) in [5.74, 6) is 0. The highest BCUT2D eigenvalue weighted by molar-refractivity contribution is 8.01. The molecule has 0 aliphatic rings. The number of nitrogens with two attached hydrogens (primary N) is 3. The van der Waals surface area contributed by atoms with Gasteiger partial charge in [0.2, 0.25) is 0 Å². The molecule has 0 unspecified atom stereocenters. The zero-order valence-electron chi connectivity index (χ0n) is 16.1. The third-order valence-electron chi connectivity index (χ3n) is 4.20. The Labute approximate surface area is 189 Å². The number of anilines is 3. The Balaban J connectivity index is 1.64. The molecule has 150 valence electrons. The molecular formula is C24H21N3S3. The second kappa shape index (κ2) is 9.43. The maximum atomic E-state index is 5.83. The van der Waals surface area contributed by atoms with Crippen LogP contribution in [0.3, 0.4) is 0 Å². The lowest BCUT2D eigenvalue weighted by Crippen LogP contribution is -1.85. The SMILES string of the molecule is Nc1ccc(Sc2cc(Sc3ccc(N)cc3)cc(Sc3ccc(N)cc3)c2)cc1. The first-order valence-electron chi connectivity index (χ1n) is 9.29. The molecule has 0 amide bonds. The van der Waals surface area contributed by atoms with Gasteiger partial charge >= 0.3 is 0 Å². The Bertz CT molecular complexity index is 967. The van der Waals surface area contributed by atoms with Gasteiger partial charge < -0.3 is 17.2 Å². The van der Waals surface area contributed by atoms with Crippen LogP contribution in [0.5, 0.6) is 0 Å². The van der Waals surface area contributed by atoms with Crippen molar-refractivity contribution in [3.63, 3.8) is 0 Å². The van der Waals surface area contributed by atoms with E-state index in [2.05, 4.69) is 18.2 Å². The zero-order valence-corrected chi connectivity index (χ0v) is 18.6. The molecule has 0 bridgehead atoms. The standard InChI is InChI=1S/C24H21N3S3/c25-16-1-7-19(8-2-16)28-22-13-23(29-20-9-3-17(26)4-10-20)15-24(14-22)30-21-11-5-18(27)6-12-21/h1-15H,25-27H2. The first-order chi connectivity index (χ1) is 14.5. The number of nitrogen functional groups attached to an aromatic ring is 3. The molecule has 0 saturated heterocycles. The summed E-state index contributed by atoms with van der Waals surface area (Å²) >= 11 is 5.19. The van der Waals surface area contributed by atoms with Crippen LogP contribution in [0.4, 0.5) is 17.1 Å². The summed E-state index contributed by atoms with van der Waals surface area (Å²) in [5.41, 5.74) is 19.8. The Morgan fingerprint density at radius 1 is 0.333 bits per heavy atom. The van der Waals surface area contributed by atoms with E-state index in [9.17, 15) is 0 Å². The second-order valence-electron chi connectivity index (χ2n) is 6.65. The van der Waals surface area contributed by atoms with Gasteiger partial charge in [0, 0.05) is 46.4 Å². The van der Waals surface area contributed by atoms with E-state index < -0.39 is 0 Å². The van der Waals surface area contributed by atoms with Gasteiger partial charge in [0.25, 0.3) is 0 Å². The molecule has 0 aliphatic carbocycles. The van der Waals surface area contributed by atoms with E-state index in [4.69, 9.17) is 17.2 Å². The van der Waals surface area contributed by atoms with Crippen LogP contribution in [0.1, 0.15) is 0 Å². The smallest absolute Gasteiger partial charge is 0.0314 e. The van der Waals surface area contributed by atoms with Gasteiger partial charge in [-0.15, -0.1) is 0 Å². The third-order valence-corrected chi connectivity index (χ3v) is 7.14. The van der Waals surface area contributed by atoms with E-state index in [-0.39, 0.29) is 0 Å². The van der Waals surface area contributed by atoms with Crippen LogP contribution in [-0.2, 0) is 0 Å². The lowest BCUT2D eigenvalue weighted by atomic mass is 10.3. The highest BCUT2D eigenvalue weighted by atomic mass is 32.2. The first-order valence-corrected chi connectivity index (χ1v) is 11.7. The summed E-state index contributed by atoms with van der Waals surface area (Å²) in [7, 11) is 0. The molecule has 0 saturated carbocycles. The van der Waals surface area contributed by atoms with E-state index >= 15 is 0 Å². The Kier molecular flexibility index (Phi) is 6.47. The van der Waals surface area contributed by atoms with Crippen LogP contribution in [-0.4, -0.2) is 0 Å². The van der Waals surface area contributed by atoms with E-state index in [0.717, 1.165) is 31.7 Å². The third kappa shape index (κ3) is 5.69. The van der Waals surface area contributed by atoms with Crippen molar-refractivity contribution >= 4 is 52.3 Å². The molecule has 30 heavy (non-hydrogen) atoms. The van der Waals surface area contributed by atoms with Gasteiger partial charge in [-0.1, -0.05) is 35.3 Å². The van der Waals surface area contributed by atoms with Crippen LogP contribution in [0.15, 0.2) is 120 Å². The molecule has 0 heterocycles. The molecule has 0 radical (unpaired) electrons. The van der Waals surface area contributed by atoms with Crippen molar-refractivity contribution in [1.29, 1.82) is 0 Å². The fourth-order valence-corrected chi connectivity index (χ4v) is 5.71. The topological polar surface area (TPSA) is 78.1 Å². The summed E-state index contributed by atoms with van der Waals surface area (Å²) in [6.07, 6.45) is 0. The van der Waals surface area contributed by atoms with Crippen LogP contribution < -0.4 is 17.2 Å². The van der Waals surface area contributed by atoms with Crippen LogP contribution in [0.25, 0.3) is 0 Å². The Hall–Kier alpha value is -2.67. The molecule has 0 fully saturated rings. The maximum Gasteiger partial charge on any atom is 0.0314 e. The minimum Gasteiger partial charge on any atom is -0.399 e. The van der Waals surface area contributed by atoms with E-state index in [1.54, 1.807) is 35.3 Å². The highest BCUT2D eigenvalue weighted by Crippen LogP contribution is 2.39. The van der Waals surface area contributed by atoms with E-state index in [1.165, 1.54) is 14.7 Å². The molecular weight excluding hydrogens is 426 g/mol. The van der Waals surface area contributed by atoms with Gasteiger partial charge in [-0.3, -0.25) is 0 Å². The van der Waals surface area contributed by atoms with E-state index in [0.29, 0.717) is 0 Å². The molecule has 0 aliphatic heterocycles. The van der Waals surface area contributed by atoms with Crippen LogP contribution >= 0.6 is 35.3 Å². The molecule has 4 rings (SSSR count). The fraction of sp³-hybridized carbons (Fsp3) is 0. The summed E-state index contributed by atoms with van der Waals surface area (Å²) in [5, 5.41) is 0. The van der Waals surface area contributed by atoms with Crippen molar-refractivity contribution in [2.45, 2.75) is 29.4 Å². The number of hydrogen-bond donors (Lipinski definition) is 3.